The van der Waals surface area contributed by atoms with Crippen LogP contribution < -0.4 is 0 Å². The molecule has 1 aromatic rings. The Morgan fingerprint density at radius 1 is 1.39 bits per heavy atom. The van der Waals surface area contributed by atoms with Crippen LogP contribution in [0.25, 0.3) is 0 Å². The molecule has 1 aliphatic rings. The maximum atomic E-state index is 12.2. The van der Waals surface area contributed by atoms with Gasteiger partial charge in [-0.05, 0) is 24.5 Å². The lowest BCUT2D eigenvalue weighted by molar-refractivity contribution is 0.153. The first-order valence-electron chi connectivity index (χ1n) is 5.69. The first-order valence-corrected chi connectivity index (χ1v) is 7.23. The Morgan fingerprint density at radius 2 is 2.00 bits per heavy atom. The van der Waals surface area contributed by atoms with Gasteiger partial charge in [-0.25, -0.2) is 13.2 Å². The van der Waals surface area contributed by atoms with E-state index in [0.29, 0.717) is 18.4 Å². The molecule has 0 aliphatic heterocycles. The summed E-state index contributed by atoms with van der Waals surface area (Å²) in [6.45, 7) is 0.0808. The number of nitrogens with zero attached hydrogens (tertiary/aromatic N) is 1. The zero-order valence-electron chi connectivity index (χ0n) is 10.0. The minimum absolute atomic E-state index is 0.0808. The van der Waals surface area contributed by atoms with Crippen LogP contribution in [0.3, 0.4) is 0 Å². The van der Waals surface area contributed by atoms with E-state index in [9.17, 15) is 13.2 Å². The van der Waals surface area contributed by atoms with E-state index in [2.05, 4.69) is 0 Å². The maximum Gasteiger partial charge on any atom is 0.407 e. The average Bonchev–Trinajstić information content (AvgIpc) is 3.13. The van der Waals surface area contributed by atoms with E-state index in [1.165, 1.54) is 7.05 Å². The lowest BCUT2D eigenvalue weighted by atomic mass is 10.2. The van der Waals surface area contributed by atoms with E-state index < -0.39 is 15.9 Å². The van der Waals surface area contributed by atoms with E-state index in [1.54, 1.807) is 24.3 Å². The van der Waals surface area contributed by atoms with Crippen molar-refractivity contribution in [2.75, 3.05) is 7.05 Å². The third-order valence-corrected chi connectivity index (χ3v) is 5.34. The predicted octanol–water partition coefficient (Wildman–Crippen LogP) is 1.73. The first kappa shape index (κ1) is 12.9. The van der Waals surface area contributed by atoms with Gasteiger partial charge in [0.15, 0.2) is 9.84 Å². The summed E-state index contributed by atoms with van der Waals surface area (Å²) >= 11 is 0. The Kier molecular flexibility index (Phi) is 3.30. The standard InChI is InChI=1S/C12H15NO4S/c1-13(12(14)15)8-9-4-2-3-5-11(9)18(16,17)10-6-7-10/h2-5,10H,6-8H2,1H3,(H,14,15). The van der Waals surface area contributed by atoms with Crippen LogP contribution in [0, 0.1) is 0 Å². The molecule has 1 saturated carbocycles. The lowest BCUT2D eigenvalue weighted by Crippen LogP contribution is -2.25. The Hall–Kier alpha value is -1.56. The second-order valence-electron chi connectivity index (χ2n) is 4.49. The molecule has 18 heavy (non-hydrogen) atoms. The van der Waals surface area contributed by atoms with Crippen LogP contribution >= 0.6 is 0 Å². The molecule has 0 radical (unpaired) electrons. The summed E-state index contributed by atoms with van der Waals surface area (Å²) in [7, 11) is -1.87. The molecule has 5 nitrogen and oxygen atoms in total. The number of carboxylic acid groups (broad SMARTS) is 1. The molecule has 0 unspecified atom stereocenters. The molecular weight excluding hydrogens is 254 g/mol. The summed E-state index contributed by atoms with van der Waals surface area (Å²) in [5.41, 5.74) is 0.536. The van der Waals surface area contributed by atoms with Crippen LogP contribution in [-0.2, 0) is 16.4 Å². The molecule has 0 saturated heterocycles. The van der Waals surface area contributed by atoms with E-state index in [1.807, 2.05) is 0 Å². The monoisotopic (exact) mass is 269 g/mol. The summed E-state index contributed by atoms with van der Waals surface area (Å²) in [5.74, 6) is 0. The number of carbonyl (C=O) groups is 1. The SMILES string of the molecule is CN(Cc1ccccc1S(=O)(=O)C1CC1)C(=O)O. The van der Waals surface area contributed by atoms with Gasteiger partial charge in [-0.15, -0.1) is 0 Å². The number of rotatable bonds is 4. The fraction of sp³-hybridized carbons (Fsp3) is 0.417. The van der Waals surface area contributed by atoms with Gasteiger partial charge in [-0.3, -0.25) is 0 Å². The van der Waals surface area contributed by atoms with Gasteiger partial charge in [0.2, 0.25) is 0 Å². The van der Waals surface area contributed by atoms with Crippen LogP contribution in [0.1, 0.15) is 18.4 Å². The molecule has 0 spiro atoms. The minimum Gasteiger partial charge on any atom is -0.465 e. The molecule has 1 amide bonds. The number of hydrogen-bond donors (Lipinski definition) is 1. The topological polar surface area (TPSA) is 74.7 Å². The smallest absolute Gasteiger partial charge is 0.407 e. The maximum absolute atomic E-state index is 12.2. The van der Waals surface area contributed by atoms with Crippen molar-refractivity contribution < 1.29 is 18.3 Å². The Balaban J connectivity index is 2.34. The largest absolute Gasteiger partial charge is 0.465 e. The Labute approximate surface area is 106 Å². The fourth-order valence-electron chi connectivity index (χ4n) is 1.79. The van der Waals surface area contributed by atoms with Crippen molar-refractivity contribution in [3.63, 3.8) is 0 Å². The second kappa shape index (κ2) is 4.61. The molecule has 0 heterocycles. The van der Waals surface area contributed by atoms with Crippen LogP contribution in [0.5, 0.6) is 0 Å². The molecule has 6 heteroatoms. The number of benzene rings is 1. The molecule has 0 aromatic heterocycles. The lowest BCUT2D eigenvalue weighted by Gasteiger charge is -2.16. The van der Waals surface area contributed by atoms with Gasteiger partial charge in [0.25, 0.3) is 0 Å². The van der Waals surface area contributed by atoms with Crippen molar-refractivity contribution in [3.8, 4) is 0 Å². The summed E-state index contributed by atoms with van der Waals surface area (Å²) in [5, 5.41) is 8.55. The van der Waals surface area contributed by atoms with Gasteiger partial charge in [0.1, 0.15) is 0 Å². The highest BCUT2D eigenvalue weighted by atomic mass is 32.2. The number of hydrogen-bond acceptors (Lipinski definition) is 3. The normalized spacial score (nSPS) is 15.4. The Bertz CT molecular complexity index is 563. The average molecular weight is 269 g/mol. The van der Waals surface area contributed by atoms with Gasteiger partial charge < -0.3 is 10.0 Å². The number of amides is 1. The van der Waals surface area contributed by atoms with Crippen LogP contribution in [0.15, 0.2) is 29.2 Å². The molecular formula is C12H15NO4S. The van der Waals surface area contributed by atoms with E-state index >= 15 is 0 Å². The number of sulfone groups is 1. The third-order valence-electron chi connectivity index (χ3n) is 2.98. The van der Waals surface area contributed by atoms with E-state index in [-0.39, 0.29) is 16.7 Å². The van der Waals surface area contributed by atoms with Crippen LogP contribution in [-0.4, -0.2) is 36.8 Å². The van der Waals surface area contributed by atoms with Crippen molar-refractivity contribution in [1.29, 1.82) is 0 Å². The summed E-state index contributed by atoms with van der Waals surface area (Å²) < 4.78 is 24.4. The first-order chi connectivity index (χ1) is 8.43. The van der Waals surface area contributed by atoms with Crippen molar-refractivity contribution in [1.82, 2.24) is 4.90 Å². The quantitative estimate of drug-likeness (QED) is 0.903. The van der Waals surface area contributed by atoms with Gasteiger partial charge in [-0.2, -0.15) is 0 Å². The Morgan fingerprint density at radius 3 is 2.56 bits per heavy atom. The van der Waals surface area contributed by atoms with Crippen molar-refractivity contribution >= 4 is 15.9 Å². The van der Waals surface area contributed by atoms with Gasteiger partial charge >= 0.3 is 6.09 Å². The highest BCUT2D eigenvalue weighted by molar-refractivity contribution is 7.92. The molecule has 1 aliphatic carbocycles. The van der Waals surface area contributed by atoms with Gasteiger partial charge in [0.05, 0.1) is 10.1 Å². The fourth-order valence-corrected chi connectivity index (χ4v) is 3.68. The molecule has 98 valence electrons. The van der Waals surface area contributed by atoms with Gasteiger partial charge in [-0.1, -0.05) is 18.2 Å². The molecule has 1 aromatic carbocycles. The zero-order valence-corrected chi connectivity index (χ0v) is 10.9. The van der Waals surface area contributed by atoms with Crippen molar-refractivity contribution in [2.45, 2.75) is 29.5 Å². The third kappa shape index (κ3) is 2.48. The van der Waals surface area contributed by atoms with E-state index in [4.69, 9.17) is 5.11 Å². The predicted molar refractivity (Wildman–Crippen MR) is 66.1 cm³/mol. The summed E-state index contributed by atoms with van der Waals surface area (Å²) in [4.78, 5) is 12.1. The summed E-state index contributed by atoms with van der Waals surface area (Å²) in [6, 6.07) is 6.60. The molecule has 2 rings (SSSR count). The minimum atomic E-state index is -3.29. The zero-order chi connectivity index (χ0) is 13.3. The highest BCUT2D eigenvalue weighted by Crippen LogP contribution is 2.35. The van der Waals surface area contributed by atoms with Gasteiger partial charge in [0, 0.05) is 13.6 Å². The second-order valence-corrected chi connectivity index (χ2v) is 6.69. The molecule has 1 N–H and O–H groups in total. The summed E-state index contributed by atoms with van der Waals surface area (Å²) in [6.07, 6.45) is 0.324. The highest BCUT2D eigenvalue weighted by Gasteiger charge is 2.38. The van der Waals surface area contributed by atoms with Crippen LogP contribution in [0.2, 0.25) is 0 Å². The molecule has 0 atom stereocenters. The van der Waals surface area contributed by atoms with E-state index in [0.717, 1.165) is 4.90 Å². The molecule has 1 fully saturated rings. The van der Waals surface area contributed by atoms with Crippen molar-refractivity contribution in [2.24, 2.45) is 0 Å². The van der Waals surface area contributed by atoms with Crippen LogP contribution in [0.4, 0.5) is 4.79 Å². The molecule has 0 bridgehead atoms. The van der Waals surface area contributed by atoms with Crippen molar-refractivity contribution in [3.05, 3.63) is 29.8 Å².